The van der Waals surface area contributed by atoms with Gasteiger partial charge in [-0.3, -0.25) is 9.59 Å². The Morgan fingerprint density at radius 3 is 2.48 bits per heavy atom. The van der Waals surface area contributed by atoms with Crippen molar-refractivity contribution in [2.24, 2.45) is 0 Å². The first-order valence-electron chi connectivity index (χ1n) is 10.4. The molecular weight excluding hydrogens is 433 g/mol. The average Bonchev–Trinajstić information content (AvgIpc) is 2.89. The number of amides is 2. The number of benzene rings is 3. The molecule has 0 aromatic heterocycles. The molecule has 170 valence electrons. The Morgan fingerprint density at radius 2 is 1.79 bits per heavy atom. The summed E-state index contributed by atoms with van der Waals surface area (Å²) < 4.78 is 47.1. The van der Waals surface area contributed by atoms with Crippen molar-refractivity contribution in [1.29, 1.82) is 0 Å². The maximum absolute atomic E-state index is 13.9. The summed E-state index contributed by atoms with van der Waals surface area (Å²) in [4.78, 5) is 26.9. The number of nitrogens with one attached hydrogen (secondary N) is 1. The number of fused-ring (bicyclic) bond motifs is 1. The third kappa shape index (κ3) is 5.00. The van der Waals surface area contributed by atoms with Gasteiger partial charge < -0.3 is 15.0 Å². The van der Waals surface area contributed by atoms with Crippen molar-refractivity contribution in [2.75, 3.05) is 5.32 Å². The van der Waals surface area contributed by atoms with Crippen LogP contribution in [0, 0.1) is 17.5 Å². The fourth-order valence-electron chi connectivity index (χ4n) is 3.74. The van der Waals surface area contributed by atoms with Crippen molar-refractivity contribution >= 4 is 17.5 Å². The van der Waals surface area contributed by atoms with Gasteiger partial charge in [0.15, 0.2) is 6.10 Å². The minimum atomic E-state index is -0.761. The van der Waals surface area contributed by atoms with Gasteiger partial charge in [0.25, 0.3) is 11.8 Å². The number of hydrogen-bond donors (Lipinski definition) is 1. The molecule has 1 unspecified atom stereocenters. The quantitative estimate of drug-likeness (QED) is 0.587. The monoisotopic (exact) mass is 454 g/mol. The number of ether oxygens (including phenoxy) is 1. The van der Waals surface area contributed by atoms with Gasteiger partial charge in [-0.2, -0.15) is 0 Å². The van der Waals surface area contributed by atoms with E-state index in [0.29, 0.717) is 29.0 Å². The molecule has 0 saturated heterocycles. The topological polar surface area (TPSA) is 58.6 Å². The molecule has 1 heterocycles. The molecule has 5 nitrogen and oxygen atoms in total. The van der Waals surface area contributed by atoms with E-state index in [2.05, 4.69) is 5.32 Å². The van der Waals surface area contributed by atoms with Gasteiger partial charge in [0.05, 0.1) is 5.56 Å². The molecule has 4 rings (SSSR count). The van der Waals surface area contributed by atoms with E-state index in [9.17, 15) is 22.8 Å². The van der Waals surface area contributed by atoms with Crippen LogP contribution in [0.4, 0.5) is 18.9 Å². The molecular formula is C25H21F3N2O3. The highest BCUT2D eigenvalue weighted by Gasteiger charge is 2.30. The molecule has 33 heavy (non-hydrogen) atoms. The van der Waals surface area contributed by atoms with Crippen LogP contribution in [0.2, 0.25) is 0 Å². The third-order valence-electron chi connectivity index (χ3n) is 5.32. The smallest absolute Gasteiger partial charge is 0.264 e. The van der Waals surface area contributed by atoms with Crippen molar-refractivity contribution in [3.63, 3.8) is 0 Å². The van der Waals surface area contributed by atoms with Crippen molar-refractivity contribution < 1.29 is 27.5 Å². The second-order valence-electron chi connectivity index (χ2n) is 7.74. The summed E-state index contributed by atoms with van der Waals surface area (Å²) in [6.45, 7) is 1.89. The van der Waals surface area contributed by atoms with Gasteiger partial charge >= 0.3 is 0 Å². The van der Waals surface area contributed by atoms with Gasteiger partial charge in [0.2, 0.25) is 0 Å². The Bertz CT molecular complexity index is 1200. The van der Waals surface area contributed by atoms with Crippen LogP contribution in [0.1, 0.15) is 34.8 Å². The molecule has 0 aliphatic carbocycles. The lowest BCUT2D eigenvalue weighted by Gasteiger charge is -2.23. The van der Waals surface area contributed by atoms with Crippen molar-refractivity contribution in [1.82, 2.24) is 4.90 Å². The number of halogens is 3. The minimum absolute atomic E-state index is 0.0153. The number of hydrogen-bond acceptors (Lipinski definition) is 3. The lowest BCUT2D eigenvalue weighted by atomic mass is 10.1. The van der Waals surface area contributed by atoms with E-state index in [4.69, 9.17) is 4.74 Å². The lowest BCUT2D eigenvalue weighted by molar-refractivity contribution is -0.139. The standard InChI is InChI=1S/C25H21F3N2O3/c1-2-22-25(32)30(13-15-9-17(26)12-18(27)10-15)14-16-11-19(7-8-23(16)33-22)29-24(31)20-5-3-4-6-21(20)28/h3-12,22H,2,13-14H2,1H3,(H,29,31). The van der Waals surface area contributed by atoms with Gasteiger partial charge in [0.1, 0.15) is 23.2 Å². The highest BCUT2D eigenvalue weighted by Crippen LogP contribution is 2.30. The van der Waals surface area contributed by atoms with Gasteiger partial charge in [-0.05, 0) is 54.4 Å². The zero-order chi connectivity index (χ0) is 23.5. The van der Waals surface area contributed by atoms with Gasteiger partial charge in [-0.1, -0.05) is 19.1 Å². The molecule has 1 aliphatic heterocycles. The molecule has 1 N–H and O–H groups in total. The van der Waals surface area contributed by atoms with Gasteiger partial charge in [-0.25, -0.2) is 13.2 Å². The first-order valence-corrected chi connectivity index (χ1v) is 10.4. The molecule has 1 atom stereocenters. The molecule has 2 amide bonds. The van der Waals surface area contributed by atoms with Crippen LogP contribution in [0.3, 0.4) is 0 Å². The summed E-state index contributed by atoms with van der Waals surface area (Å²) in [6, 6.07) is 13.6. The Labute approximate surface area is 188 Å². The van der Waals surface area contributed by atoms with Crippen LogP contribution in [-0.2, 0) is 17.9 Å². The summed E-state index contributed by atoms with van der Waals surface area (Å²) >= 11 is 0. The van der Waals surface area contributed by atoms with E-state index in [1.54, 1.807) is 31.2 Å². The molecule has 0 spiro atoms. The van der Waals surface area contributed by atoms with Gasteiger partial charge in [0, 0.05) is 30.4 Å². The predicted molar refractivity (Wildman–Crippen MR) is 116 cm³/mol. The number of anilines is 1. The molecule has 0 fully saturated rings. The van der Waals surface area contributed by atoms with Crippen molar-refractivity contribution in [3.05, 3.63) is 94.8 Å². The zero-order valence-corrected chi connectivity index (χ0v) is 17.8. The maximum Gasteiger partial charge on any atom is 0.264 e. The second-order valence-corrected chi connectivity index (χ2v) is 7.74. The molecule has 0 radical (unpaired) electrons. The molecule has 8 heteroatoms. The maximum atomic E-state index is 13.9. The minimum Gasteiger partial charge on any atom is -0.480 e. The van der Waals surface area contributed by atoms with Crippen LogP contribution in [0.5, 0.6) is 5.75 Å². The predicted octanol–water partition coefficient (Wildman–Crippen LogP) is 5.06. The second kappa shape index (κ2) is 9.36. The van der Waals surface area contributed by atoms with E-state index in [0.717, 1.165) is 6.07 Å². The summed E-state index contributed by atoms with van der Waals surface area (Å²) in [5, 5.41) is 2.65. The number of nitrogens with zero attached hydrogens (tertiary/aromatic N) is 1. The molecule has 0 saturated carbocycles. The summed E-state index contributed by atoms with van der Waals surface area (Å²) in [7, 11) is 0. The Morgan fingerprint density at radius 1 is 1.06 bits per heavy atom. The Kier molecular flexibility index (Phi) is 6.35. The summed E-state index contributed by atoms with van der Waals surface area (Å²) in [5.74, 6) is -2.55. The first kappa shape index (κ1) is 22.4. The van der Waals surface area contributed by atoms with E-state index in [1.165, 1.54) is 35.2 Å². The molecule has 0 bridgehead atoms. The SMILES string of the molecule is CCC1Oc2ccc(NC(=O)c3ccccc3F)cc2CN(Cc2cc(F)cc(F)c2)C1=O. The Balaban J connectivity index is 1.61. The Hall–Kier alpha value is -3.81. The summed E-state index contributed by atoms with van der Waals surface area (Å²) in [5.41, 5.74) is 1.20. The van der Waals surface area contributed by atoms with Crippen LogP contribution in [-0.4, -0.2) is 22.8 Å². The van der Waals surface area contributed by atoms with Crippen LogP contribution in [0.15, 0.2) is 60.7 Å². The lowest BCUT2D eigenvalue weighted by Crippen LogP contribution is -2.38. The molecule has 1 aliphatic rings. The summed E-state index contributed by atoms with van der Waals surface area (Å²) in [6.07, 6.45) is -0.360. The normalized spacial score (nSPS) is 15.5. The molecule has 3 aromatic carbocycles. The highest BCUT2D eigenvalue weighted by molar-refractivity contribution is 6.04. The molecule has 3 aromatic rings. The largest absolute Gasteiger partial charge is 0.480 e. The van der Waals surface area contributed by atoms with Gasteiger partial charge in [-0.15, -0.1) is 0 Å². The number of carbonyl (C=O) groups excluding carboxylic acids is 2. The van der Waals surface area contributed by atoms with Crippen molar-refractivity contribution in [3.8, 4) is 5.75 Å². The fourth-order valence-corrected chi connectivity index (χ4v) is 3.74. The third-order valence-corrected chi connectivity index (χ3v) is 5.32. The average molecular weight is 454 g/mol. The van der Waals surface area contributed by atoms with Crippen molar-refractivity contribution in [2.45, 2.75) is 32.5 Å². The van der Waals surface area contributed by atoms with E-state index < -0.39 is 29.5 Å². The highest BCUT2D eigenvalue weighted by atomic mass is 19.1. The number of rotatable bonds is 5. The van der Waals surface area contributed by atoms with Crippen LogP contribution in [0.25, 0.3) is 0 Å². The van der Waals surface area contributed by atoms with E-state index in [-0.39, 0.29) is 24.6 Å². The van der Waals surface area contributed by atoms with Crippen LogP contribution >= 0.6 is 0 Å². The number of carbonyl (C=O) groups is 2. The van der Waals surface area contributed by atoms with E-state index in [1.807, 2.05) is 0 Å². The van der Waals surface area contributed by atoms with Crippen LogP contribution < -0.4 is 10.1 Å². The van der Waals surface area contributed by atoms with E-state index >= 15 is 0 Å². The zero-order valence-electron chi connectivity index (χ0n) is 17.8. The fraction of sp³-hybridized carbons (Fsp3) is 0.200. The first-order chi connectivity index (χ1) is 15.8.